The van der Waals surface area contributed by atoms with Crippen molar-refractivity contribution in [1.82, 2.24) is 19.8 Å². The number of piperazine rings is 1. The van der Waals surface area contributed by atoms with Gasteiger partial charge in [-0.15, -0.1) is 0 Å². The molecule has 182 valence electrons. The monoisotopic (exact) mass is 478 g/mol. The molecule has 2 N–H and O–H groups in total. The normalized spacial score (nSPS) is 20.5. The molecule has 0 saturated carbocycles. The van der Waals surface area contributed by atoms with Crippen molar-refractivity contribution in [2.24, 2.45) is 0 Å². The fraction of sp³-hybridized carbons (Fsp3) is 0.565. The Kier molecular flexibility index (Phi) is 8.14. The molecule has 0 aromatic heterocycles. The highest BCUT2D eigenvalue weighted by Gasteiger charge is 2.34. The van der Waals surface area contributed by atoms with E-state index in [-0.39, 0.29) is 12.6 Å². The molecule has 1 aromatic carbocycles. The predicted molar refractivity (Wildman–Crippen MR) is 125 cm³/mol. The lowest BCUT2D eigenvalue weighted by atomic mass is 10.00. The summed E-state index contributed by atoms with van der Waals surface area (Å²) < 4.78 is 32.8. The van der Waals surface area contributed by atoms with E-state index in [4.69, 9.17) is 4.74 Å². The van der Waals surface area contributed by atoms with E-state index in [0.29, 0.717) is 61.2 Å². The number of ether oxygens (including phenoxy) is 1. The van der Waals surface area contributed by atoms with Gasteiger partial charge in [0.1, 0.15) is 0 Å². The van der Waals surface area contributed by atoms with E-state index in [1.54, 1.807) is 19.1 Å². The van der Waals surface area contributed by atoms with Crippen LogP contribution >= 0.6 is 0 Å². The van der Waals surface area contributed by atoms with Crippen LogP contribution in [-0.4, -0.2) is 75.0 Å². The van der Waals surface area contributed by atoms with E-state index < -0.39 is 22.0 Å². The van der Waals surface area contributed by atoms with Crippen molar-refractivity contribution >= 4 is 22.0 Å². The van der Waals surface area contributed by atoms with Gasteiger partial charge in [-0.25, -0.2) is 18.0 Å². The molecule has 1 atom stereocenters. The molecule has 3 rings (SSSR count). The Bertz CT molecular complexity index is 996. The summed E-state index contributed by atoms with van der Waals surface area (Å²) in [6, 6.07) is 6.30. The summed E-state index contributed by atoms with van der Waals surface area (Å²) in [5.74, 6) is -0.111. The highest BCUT2D eigenvalue weighted by Crippen LogP contribution is 2.22. The molecule has 1 unspecified atom stereocenters. The van der Waals surface area contributed by atoms with E-state index in [1.165, 1.54) is 4.31 Å². The standard InChI is InChI=1S/C23H34N4O5S/c1-5-19-21(22(28)32-6-2)20(25-23(29)24-19)15-26-11-13-27(14-12-26)33(30,31)18-9-7-17(8-10-18)16(3)4/h7-10,16,19H,5-6,11-15H2,1-4H3,(H2,24,25,29). The number of hydrogen-bond acceptors (Lipinski definition) is 6. The van der Waals surface area contributed by atoms with Gasteiger partial charge < -0.3 is 15.4 Å². The van der Waals surface area contributed by atoms with Gasteiger partial charge in [0.25, 0.3) is 0 Å². The Morgan fingerprint density at radius 1 is 1.12 bits per heavy atom. The van der Waals surface area contributed by atoms with Crippen molar-refractivity contribution in [3.05, 3.63) is 41.1 Å². The average molecular weight is 479 g/mol. The Morgan fingerprint density at radius 2 is 1.76 bits per heavy atom. The number of esters is 1. The van der Waals surface area contributed by atoms with Crippen LogP contribution in [0.25, 0.3) is 0 Å². The lowest BCUT2D eigenvalue weighted by molar-refractivity contribution is -0.139. The van der Waals surface area contributed by atoms with Gasteiger partial charge in [-0.05, 0) is 37.0 Å². The summed E-state index contributed by atoms with van der Waals surface area (Å²) in [6.07, 6.45) is 0.562. The molecule has 10 heteroatoms. The van der Waals surface area contributed by atoms with Gasteiger partial charge in [0.15, 0.2) is 0 Å². The zero-order valence-corrected chi connectivity index (χ0v) is 20.6. The van der Waals surface area contributed by atoms with Crippen LogP contribution in [0.5, 0.6) is 0 Å². The molecule has 33 heavy (non-hydrogen) atoms. The molecule has 2 amide bonds. The molecule has 9 nitrogen and oxygen atoms in total. The van der Waals surface area contributed by atoms with Crippen LogP contribution in [0.2, 0.25) is 0 Å². The van der Waals surface area contributed by atoms with Crippen molar-refractivity contribution in [1.29, 1.82) is 0 Å². The van der Waals surface area contributed by atoms with Crippen molar-refractivity contribution in [3.63, 3.8) is 0 Å². The van der Waals surface area contributed by atoms with Crippen LogP contribution in [-0.2, 0) is 19.6 Å². The molecule has 0 spiro atoms. The van der Waals surface area contributed by atoms with Crippen LogP contribution in [0, 0.1) is 0 Å². The third-order valence-corrected chi connectivity index (χ3v) is 7.96. The Hall–Kier alpha value is -2.43. The molecule has 0 bridgehead atoms. The Labute approximate surface area is 196 Å². The minimum absolute atomic E-state index is 0.245. The first-order chi connectivity index (χ1) is 15.7. The Morgan fingerprint density at radius 3 is 2.30 bits per heavy atom. The van der Waals surface area contributed by atoms with E-state index in [9.17, 15) is 18.0 Å². The van der Waals surface area contributed by atoms with Crippen LogP contribution in [0.4, 0.5) is 4.79 Å². The molecular weight excluding hydrogens is 444 g/mol. The molecule has 1 aromatic rings. The quantitative estimate of drug-likeness (QED) is 0.554. The molecule has 2 aliphatic rings. The van der Waals surface area contributed by atoms with E-state index >= 15 is 0 Å². The van der Waals surface area contributed by atoms with E-state index in [1.807, 2.05) is 24.0 Å². The number of rotatable bonds is 8. The first-order valence-electron chi connectivity index (χ1n) is 11.5. The number of urea groups is 1. The largest absolute Gasteiger partial charge is 0.463 e. The molecule has 0 aliphatic carbocycles. The number of nitrogens with one attached hydrogen (secondary N) is 2. The zero-order chi connectivity index (χ0) is 24.2. The number of amides is 2. The van der Waals surface area contributed by atoms with Gasteiger partial charge in [-0.3, -0.25) is 4.90 Å². The predicted octanol–water partition coefficient (Wildman–Crippen LogP) is 2.02. The number of hydrogen-bond donors (Lipinski definition) is 2. The summed E-state index contributed by atoms with van der Waals surface area (Å²) in [7, 11) is -3.57. The van der Waals surface area contributed by atoms with Crippen molar-refractivity contribution in [2.45, 2.75) is 51.0 Å². The summed E-state index contributed by atoms with van der Waals surface area (Å²) in [4.78, 5) is 27.0. The van der Waals surface area contributed by atoms with Crippen molar-refractivity contribution in [2.75, 3.05) is 39.3 Å². The zero-order valence-electron chi connectivity index (χ0n) is 19.8. The highest BCUT2D eigenvalue weighted by molar-refractivity contribution is 7.89. The summed E-state index contributed by atoms with van der Waals surface area (Å²) in [5, 5.41) is 5.52. The van der Waals surface area contributed by atoms with Crippen LogP contribution in [0.1, 0.15) is 45.6 Å². The van der Waals surface area contributed by atoms with Crippen LogP contribution in [0.3, 0.4) is 0 Å². The third kappa shape index (κ3) is 5.74. The second-order valence-electron chi connectivity index (χ2n) is 8.58. The summed E-state index contributed by atoms with van der Waals surface area (Å²) in [6.45, 7) is 10.0. The topological polar surface area (TPSA) is 108 Å². The maximum atomic E-state index is 13.1. The fourth-order valence-corrected chi connectivity index (χ4v) is 5.53. The molecule has 1 fully saturated rings. The maximum Gasteiger partial charge on any atom is 0.337 e. The molecule has 2 heterocycles. The number of carbonyl (C=O) groups is 2. The van der Waals surface area contributed by atoms with Crippen LogP contribution < -0.4 is 10.6 Å². The minimum Gasteiger partial charge on any atom is -0.463 e. The average Bonchev–Trinajstić information content (AvgIpc) is 2.79. The number of benzene rings is 1. The lowest BCUT2D eigenvalue weighted by Crippen LogP contribution is -2.54. The highest BCUT2D eigenvalue weighted by atomic mass is 32.2. The second kappa shape index (κ2) is 10.7. The van der Waals surface area contributed by atoms with E-state index in [2.05, 4.69) is 24.5 Å². The minimum atomic E-state index is -3.57. The summed E-state index contributed by atoms with van der Waals surface area (Å²) in [5.41, 5.74) is 2.04. The Balaban J connectivity index is 1.70. The van der Waals surface area contributed by atoms with Crippen LogP contribution in [0.15, 0.2) is 40.4 Å². The first kappa shape index (κ1) is 25.2. The van der Waals surface area contributed by atoms with Crippen molar-refractivity contribution in [3.8, 4) is 0 Å². The third-order valence-electron chi connectivity index (χ3n) is 6.04. The number of sulfonamides is 1. The molecule has 1 saturated heterocycles. The van der Waals surface area contributed by atoms with Gasteiger partial charge in [-0.1, -0.05) is 32.9 Å². The number of carbonyl (C=O) groups excluding carboxylic acids is 2. The molecular formula is C23H34N4O5S. The van der Waals surface area contributed by atoms with Gasteiger partial charge in [0, 0.05) is 38.4 Å². The lowest BCUT2D eigenvalue weighted by Gasteiger charge is -2.36. The SMILES string of the molecule is CCOC(=O)C1=C(CN2CCN(S(=O)(=O)c3ccc(C(C)C)cc3)CC2)NC(=O)NC1CC. The second-order valence-corrected chi connectivity index (χ2v) is 10.5. The molecule has 2 aliphatic heterocycles. The molecule has 0 radical (unpaired) electrons. The fourth-order valence-electron chi connectivity index (χ4n) is 4.11. The van der Waals surface area contributed by atoms with Gasteiger partial charge in [0.05, 0.1) is 23.1 Å². The smallest absolute Gasteiger partial charge is 0.337 e. The van der Waals surface area contributed by atoms with E-state index in [0.717, 1.165) is 5.56 Å². The van der Waals surface area contributed by atoms with Gasteiger partial charge in [0.2, 0.25) is 10.0 Å². The van der Waals surface area contributed by atoms with Gasteiger partial charge >= 0.3 is 12.0 Å². The van der Waals surface area contributed by atoms with Crippen molar-refractivity contribution < 1.29 is 22.7 Å². The summed E-state index contributed by atoms with van der Waals surface area (Å²) >= 11 is 0. The first-order valence-corrected chi connectivity index (χ1v) is 12.9. The van der Waals surface area contributed by atoms with Gasteiger partial charge in [-0.2, -0.15) is 4.31 Å². The maximum absolute atomic E-state index is 13.1. The number of nitrogens with zero attached hydrogens (tertiary/aromatic N) is 2.